The van der Waals surface area contributed by atoms with Gasteiger partial charge in [0.05, 0.1) is 0 Å². The number of carboxylic acid groups (broad SMARTS) is 1. The lowest BCUT2D eigenvalue weighted by atomic mass is 10.5. The van der Waals surface area contributed by atoms with Gasteiger partial charge in [-0.3, -0.25) is 4.79 Å². The van der Waals surface area contributed by atoms with Crippen molar-refractivity contribution < 1.29 is 15.0 Å². The third-order valence-electron chi connectivity index (χ3n) is 0.347. The number of halogens is 2. The van der Waals surface area contributed by atoms with Crippen molar-refractivity contribution in [3.05, 3.63) is 0 Å². The van der Waals surface area contributed by atoms with E-state index in [0.717, 1.165) is 6.92 Å². The lowest BCUT2D eigenvalue weighted by Gasteiger charge is -1.90. The third kappa shape index (κ3) is 43.4. The Kier molecular flexibility index (Phi) is 11.4. The van der Waals surface area contributed by atoms with Gasteiger partial charge in [-0.1, -0.05) is 0 Å². The van der Waals surface area contributed by atoms with Gasteiger partial charge < -0.3 is 10.2 Å². The maximum absolute atomic E-state index is 9.00. The summed E-state index contributed by atoms with van der Waals surface area (Å²) in [5, 5.41) is 15.5. The first-order valence-electron chi connectivity index (χ1n) is 2.59. The topological polar surface area (TPSA) is 57.5 Å². The zero-order valence-corrected chi connectivity index (χ0v) is 7.06. The number of hydrogen-bond acceptors (Lipinski definition) is 2. The SMILES string of the molecule is CC(=O)O.OCCC(Cl)Cl. The van der Waals surface area contributed by atoms with Crippen LogP contribution in [0.4, 0.5) is 0 Å². The summed E-state index contributed by atoms with van der Waals surface area (Å²) in [4.78, 5) is 8.59. The molecule has 0 aliphatic rings. The van der Waals surface area contributed by atoms with Crippen LogP contribution in [0.25, 0.3) is 0 Å². The quantitative estimate of drug-likeness (QED) is 0.643. The van der Waals surface area contributed by atoms with Crippen molar-refractivity contribution >= 4 is 29.2 Å². The first-order chi connectivity index (χ1) is 4.50. The van der Waals surface area contributed by atoms with Crippen LogP contribution in [0.2, 0.25) is 0 Å². The second-order valence-corrected chi connectivity index (χ2v) is 2.70. The van der Waals surface area contributed by atoms with Gasteiger partial charge in [0.25, 0.3) is 5.97 Å². The van der Waals surface area contributed by atoms with E-state index >= 15 is 0 Å². The van der Waals surface area contributed by atoms with E-state index in [4.69, 9.17) is 38.2 Å². The Hall–Kier alpha value is 0.01000. The third-order valence-corrected chi connectivity index (χ3v) is 0.784. The molecule has 0 aromatic heterocycles. The Morgan fingerprint density at radius 2 is 1.90 bits per heavy atom. The molecule has 3 nitrogen and oxygen atoms in total. The van der Waals surface area contributed by atoms with E-state index in [-0.39, 0.29) is 6.61 Å². The fraction of sp³-hybridized carbons (Fsp3) is 0.800. The summed E-state index contributed by atoms with van der Waals surface area (Å²) in [6.45, 7) is 1.15. The van der Waals surface area contributed by atoms with Gasteiger partial charge in [-0.05, 0) is 0 Å². The van der Waals surface area contributed by atoms with Crippen molar-refractivity contribution in [1.29, 1.82) is 0 Å². The Morgan fingerprint density at radius 3 is 1.90 bits per heavy atom. The maximum Gasteiger partial charge on any atom is 0.300 e. The second kappa shape index (κ2) is 9.01. The predicted octanol–water partition coefficient (Wildman–Crippen LogP) is 1.26. The number of aliphatic hydroxyl groups excluding tert-OH is 1. The summed E-state index contributed by atoms with van der Waals surface area (Å²) >= 11 is 10.4. The Morgan fingerprint density at radius 1 is 1.60 bits per heavy atom. The van der Waals surface area contributed by atoms with Crippen LogP contribution in [-0.4, -0.2) is 27.6 Å². The van der Waals surface area contributed by atoms with Crippen LogP contribution in [0.3, 0.4) is 0 Å². The number of aliphatic carboxylic acids is 1. The monoisotopic (exact) mass is 188 g/mol. The van der Waals surface area contributed by atoms with E-state index in [2.05, 4.69) is 0 Å². The summed E-state index contributed by atoms with van der Waals surface area (Å²) in [5.74, 6) is -0.833. The molecule has 0 aliphatic carbocycles. The Labute approximate surface area is 69.6 Å². The fourth-order valence-corrected chi connectivity index (χ4v) is 0.293. The Balaban J connectivity index is 0. The molecule has 62 valence electrons. The highest BCUT2D eigenvalue weighted by Gasteiger charge is 1.92. The molecule has 0 amide bonds. The molecular formula is C5H10Cl2O3. The van der Waals surface area contributed by atoms with Crippen LogP contribution in [0, 0.1) is 0 Å². The minimum absolute atomic E-state index is 0.0671. The van der Waals surface area contributed by atoms with Gasteiger partial charge in [0.1, 0.15) is 4.84 Å². The molecule has 0 saturated heterocycles. The highest BCUT2D eigenvalue weighted by atomic mass is 35.5. The van der Waals surface area contributed by atoms with E-state index in [1.807, 2.05) is 0 Å². The van der Waals surface area contributed by atoms with Gasteiger partial charge in [-0.25, -0.2) is 0 Å². The smallest absolute Gasteiger partial charge is 0.300 e. The van der Waals surface area contributed by atoms with Gasteiger partial charge in [-0.15, -0.1) is 23.2 Å². The molecule has 10 heavy (non-hydrogen) atoms. The summed E-state index contributed by atoms with van der Waals surface area (Å²) in [6, 6.07) is 0. The second-order valence-electron chi connectivity index (χ2n) is 1.42. The highest BCUT2D eigenvalue weighted by Crippen LogP contribution is 2.04. The number of carbonyl (C=O) groups is 1. The van der Waals surface area contributed by atoms with Crippen molar-refractivity contribution in [2.24, 2.45) is 0 Å². The van der Waals surface area contributed by atoms with Gasteiger partial charge in [-0.2, -0.15) is 0 Å². The molecule has 0 fully saturated rings. The molecule has 0 spiro atoms. The minimum atomic E-state index is -0.833. The van der Waals surface area contributed by atoms with Crippen molar-refractivity contribution in [2.75, 3.05) is 6.61 Å². The molecule has 2 N–H and O–H groups in total. The molecular weight excluding hydrogens is 179 g/mol. The Bertz CT molecular complexity index is 81.0. The molecule has 0 aromatic carbocycles. The molecule has 0 saturated carbocycles. The predicted molar refractivity (Wildman–Crippen MR) is 40.5 cm³/mol. The van der Waals surface area contributed by atoms with Gasteiger partial charge in [0.2, 0.25) is 0 Å². The lowest BCUT2D eigenvalue weighted by Crippen LogP contribution is -1.89. The van der Waals surface area contributed by atoms with Crippen LogP contribution in [0.15, 0.2) is 0 Å². The van der Waals surface area contributed by atoms with Crippen molar-refractivity contribution in [3.8, 4) is 0 Å². The molecule has 0 aliphatic heterocycles. The standard InChI is InChI=1S/C3H6Cl2O.C2H4O2/c4-3(5)1-2-6;1-2(3)4/h3,6H,1-2H2;1H3,(H,3,4). The molecule has 0 rings (SSSR count). The zero-order valence-electron chi connectivity index (χ0n) is 5.55. The molecule has 0 radical (unpaired) electrons. The molecule has 0 unspecified atom stereocenters. The normalized spacial score (nSPS) is 8.50. The molecule has 0 aromatic rings. The van der Waals surface area contributed by atoms with Gasteiger partial charge in [0.15, 0.2) is 0 Å². The largest absolute Gasteiger partial charge is 0.481 e. The maximum atomic E-state index is 9.00. The van der Waals surface area contributed by atoms with E-state index in [1.54, 1.807) is 0 Å². The molecule has 5 heteroatoms. The summed E-state index contributed by atoms with van der Waals surface area (Å²) in [5.41, 5.74) is 0. The van der Waals surface area contributed by atoms with Crippen LogP contribution in [0.1, 0.15) is 13.3 Å². The van der Waals surface area contributed by atoms with Crippen LogP contribution >= 0.6 is 23.2 Å². The lowest BCUT2D eigenvalue weighted by molar-refractivity contribution is -0.134. The molecule has 0 bridgehead atoms. The number of carboxylic acids is 1. The fourth-order valence-electron chi connectivity index (χ4n) is 0.0976. The average Bonchev–Trinajstić information content (AvgIpc) is 1.62. The van der Waals surface area contributed by atoms with Crippen molar-refractivity contribution in [1.82, 2.24) is 0 Å². The number of rotatable bonds is 2. The molecule has 0 atom stereocenters. The minimum Gasteiger partial charge on any atom is -0.481 e. The molecule has 0 heterocycles. The first kappa shape index (κ1) is 12.7. The van der Waals surface area contributed by atoms with Crippen LogP contribution in [0.5, 0.6) is 0 Å². The van der Waals surface area contributed by atoms with E-state index in [9.17, 15) is 0 Å². The van der Waals surface area contributed by atoms with E-state index < -0.39 is 10.8 Å². The average molecular weight is 189 g/mol. The summed E-state index contributed by atoms with van der Waals surface area (Å²) in [6.07, 6.45) is 0.461. The summed E-state index contributed by atoms with van der Waals surface area (Å²) in [7, 11) is 0. The van der Waals surface area contributed by atoms with E-state index in [0.29, 0.717) is 6.42 Å². The van der Waals surface area contributed by atoms with Crippen LogP contribution in [-0.2, 0) is 4.79 Å². The van der Waals surface area contributed by atoms with Gasteiger partial charge in [0, 0.05) is 20.0 Å². The highest BCUT2D eigenvalue weighted by molar-refractivity contribution is 6.44. The van der Waals surface area contributed by atoms with Crippen molar-refractivity contribution in [2.45, 2.75) is 18.2 Å². The van der Waals surface area contributed by atoms with E-state index in [1.165, 1.54) is 0 Å². The zero-order chi connectivity index (χ0) is 8.57. The number of hydrogen-bond donors (Lipinski definition) is 2. The number of aliphatic hydroxyl groups is 1. The first-order valence-corrected chi connectivity index (χ1v) is 3.46. The van der Waals surface area contributed by atoms with Crippen molar-refractivity contribution in [3.63, 3.8) is 0 Å². The number of alkyl halides is 2. The summed E-state index contributed by atoms with van der Waals surface area (Å²) < 4.78 is 0. The van der Waals surface area contributed by atoms with Crippen LogP contribution < -0.4 is 0 Å². The van der Waals surface area contributed by atoms with Gasteiger partial charge >= 0.3 is 0 Å².